The van der Waals surface area contributed by atoms with Gasteiger partial charge in [-0.3, -0.25) is 4.79 Å². The van der Waals surface area contributed by atoms with Gasteiger partial charge >= 0.3 is 0 Å². The Morgan fingerprint density at radius 1 is 1.32 bits per heavy atom. The van der Waals surface area contributed by atoms with Crippen LogP contribution in [0.3, 0.4) is 0 Å². The van der Waals surface area contributed by atoms with Crippen LogP contribution in [0.4, 0.5) is 5.00 Å². The van der Waals surface area contributed by atoms with Crippen LogP contribution in [0, 0.1) is 25.2 Å². The average molecular weight is 310 g/mol. The molecule has 0 fully saturated rings. The van der Waals surface area contributed by atoms with Crippen LogP contribution in [0.5, 0.6) is 0 Å². The van der Waals surface area contributed by atoms with E-state index in [1.165, 1.54) is 23.0 Å². The number of hydrogen-bond donors (Lipinski definition) is 1. The highest BCUT2D eigenvalue weighted by atomic mass is 32.1. The number of thiophene rings is 1. The minimum Gasteiger partial charge on any atom is -0.313 e. The molecule has 4 heteroatoms. The fourth-order valence-electron chi connectivity index (χ4n) is 2.21. The molecule has 22 heavy (non-hydrogen) atoms. The molecule has 0 radical (unpaired) electrons. The highest BCUT2D eigenvalue weighted by molar-refractivity contribution is 7.16. The SMILES string of the molecule is CCc1c(C)sc(NC(=O)C=Cc2ccc(C)cc2)c1C#N. The van der Waals surface area contributed by atoms with Crippen molar-refractivity contribution in [2.75, 3.05) is 5.32 Å². The molecule has 2 aromatic rings. The van der Waals surface area contributed by atoms with Crippen LogP contribution in [0.15, 0.2) is 30.3 Å². The normalized spacial score (nSPS) is 10.6. The predicted octanol–water partition coefficient (Wildman–Crippen LogP) is 4.45. The fraction of sp³-hybridized carbons (Fsp3) is 0.222. The van der Waals surface area contributed by atoms with Crippen molar-refractivity contribution in [2.45, 2.75) is 27.2 Å². The second-order valence-electron chi connectivity index (χ2n) is 5.04. The van der Waals surface area contributed by atoms with Crippen LogP contribution in [-0.2, 0) is 11.2 Å². The smallest absolute Gasteiger partial charge is 0.249 e. The Hall–Kier alpha value is -2.38. The van der Waals surface area contributed by atoms with Crippen molar-refractivity contribution >= 4 is 28.3 Å². The van der Waals surface area contributed by atoms with Crippen LogP contribution in [0.25, 0.3) is 6.08 Å². The van der Waals surface area contributed by atoms with E-state index in [-0.39, 0.29) is 5.91 Å². The van der Waals surface area contributed by atoms with E-state index in [9.17, 15) is 10.1 Å². The largest absolute Gasteiger partial charge is 0.313 e. The van der Waals surface area contributed by atoms with Crippen LogP contribution in [0.1, 0.15) is 34.1 Å². The molecule has 0 bridgehead atoms. The molecule has 1 aromatic carbocycles. The van der Waals surface area contributed by atoms with Crippen LogP contribution in [0.2, 0.25) is 0 Å². The molecule has 1 N–H and O–H groups in total. The van der Waals surface area contributed by atoms with Crippen molar-refractivity contribution in [2.24, 2.45) is 0 Å². The fourth-order valence-corrected chi connectivity index (χ4v) is 3.31. The van der Waals surface area contributed by atoms with Crippen molar-refractivity contribution in [1.29, 1.82) is 5.26 Å². The van der Waals surface area contributed by atoms with Crippen molar-refractivity contribution in [3.05, 3.63) is 57.5 Å². The molecule has 0 aliphatic rings. The van der Waals surface area contributed by atoms with Gasteiger partial charge in [-0.05, 0) is 37.5 Å². The quantitative estimate of drug-likeness (QED) is 0.848. The van der Waals surface area contributed by atoms with Crippen LogP contribution >= 0.6 is 11.3 Å². The summed E-state index contributed by atoms with van der Waals surface area (Å²) in [7, 11) is 0. The number of amides is 1. The minimum absolute atomic E-state index is 0.221. The second-order valence-corrected chi connectivity index (χ2v) is 6.26. The molecule has 1 amide bonds. The van der Waals surface area contributed by atoms with Gasteiger partial charge in [-0.2, -0.15) is 5.26 Å². The molecule has 1 heterocycles. The van der Waals surface area contributed by atoms with E-state index >= 15 is 0 Å². The average Bonchev–Trinajstić information content (AvgIpc) is 2.81. The van der Waals surface area contributed by atoms with E-state index in [1.807, 2.05) is 45.0 Å². The number of nitrogens with zero attached hydrogens (tertiary/aromatic N) is 1. The first-order chi connectivity index (χ1) is 10.5. The van der Waals surface area contributed by atoms with Crippen LogP contribution in [-0.4, -0.2) is 5.91 Å². The van der Waals surface area contributed by atoms with E-state index in [1.54, 1.807) is 6.08 Å². The lowest BCUT2D eigenvalue weighted by atomic mass is 10.1. The van der Waals surface area contributed by atoms with Crippen molar-refractivity contribution < 1.29 is 4.79 Å². The van der Waals surface area contributed by atoms with Crippen molar-refractivity contribution in [3.8, 4) is 6.07 Å². The molecule has 0 aliphatic carbocycles. The zero-order valence-electron chi connectivity index (χ0n) is 12.9. The standard InChI is InChI=1S/C18H18N2OS/c1-4-15-13(3)22-18(16(15)11-19)20-17(21)10-9-14-7-5-12(2)6-8-14/h5-10H,4H2,1-3H3,(H,20,21). The summed E-state index contributed by atoms with van der Waals surface area (Å²) in [5.74, 6) is -0.221. The Balaban J connectivity index is 2.13. The van der Waals surface area contributed by atoms with E-state index < -0.39 is 0 Å². The third kappa shape index (κ3) is 3.63. The van der Waals surface area contributed by atoms with E-state index in [2.05, 4.69) is 11.4 Å². The number of hydrogen-bond acceptors (Lipinski definition) is 3. The second kappa shape index (κ2) is 7.06. The molecule has 3 nitrogen and oxygen atoms in total. The molecule has 1 aromatic heterocycles. The van der Waals surface area contributed by atoms with Gasteiger partial charge in [0.25, 0.3) is 0 Å². The summed E-state index contributed by atoms with van der Waals surface area (Å²) in [4.78, 5) is 13.1. The number of carbonyl (C=O) groups excluding carboxylic acids is 1. The summed E-state index contributed by atoms with van der Waals surface area (Å²) in [5, 5.41) is 12.7. The van der Waals surface area contributed by atoms with Crippen LogP contribution < -0.4 is 5.32 Å². The molecule has 0 saturated heterocycles. The van der Waals surface area contributed by atoms with Gasteiger partial charge in [0.05, 0.1) is 5.56 Å². The lowest BCUT2D eigenvalue weighted by Crippen LogP contribution is -2.07. The van der Waals surface area contributed by atoms with Gasteiger partial charge in [0.2, 0.25) is 5.91 Å². The Labute approximate surface area is 134 Å². The third-order valence-corrected chi connectivity index (χ3v) is 4.48. The Kier molecular flexibility index (Phi) is 5.13. The number of nitriles is 1. The Bertz CT molecular complexity index is 749. The number of rotatable bonds is 4. The number of carbonyl (C=O) groups is 1. The molecule has 0 atom stereocenters. The van der Waals surface area contributed by atoms with Gasteiger partial charge in [0.1, 0.15) is 11.1 Å². The summed E-state index contributed by atoms with van der Waals surface area (Å²) in [6.07, 6.45) is 4.05. The van der Waals surface area contributed by atoms with Gasteiger partial charge in [0, 0.05) is 11.0 Å². The summed E-state index contributed by atoms with van der Waals surface area (Å²) >= 11 is 1.45. The van der Waals surface area contributed by atoms with Gasteiger partial charge in [0.15, 0.2) is 0 Å². The first-order valence-corrected chi connectivity index (χ1v) is 7.95. The first kappa shape index (κ1) is 16.0. The monoisotopic (exact) mass is 310 g/mol. The molecule has 0 unspecified atom stereocenters. The van der Waals surface area contributed by atoms with Gasteiger partial charge in [-0.15, -0.1) is 11.3 Å². The number of anilines is 1. The molecular weight excluding hydrogens is 292 g/mol. The highest BCUT2D eigenvalue weighted by Gasteiger charge is 2.15. The number of benzene rings is 1. The summed E-state index contributed by atoms with van der Waals surface area (Å²) < 4.78 is 0. The predicted molar refractivity (Wildman–Crippen MR) is 92.0 cm³/mol. The zero-order chi connectivity index (χ0) is 16.1. The number of nitrogens with one attached hydrogen (secondary N) is 1. The van der Waals surface area contributed by atoms with Gasteiger partial charge in [-0.25, -0.2) is 0 Å². The number of aryl methyl sites for hydroxylation is 2. The maximum atomic E-state index is 12.0. The molecule has 0 spiro atoms. The lowest BCUT2D eigenvalue weighted by Gasteiger charge is -2.00. The Morgan fingerprint density at radius 2 is 2.00 bits per heavy atom. The highest BCUT2D eigenvalue weighted by Crippen LogP contribution is 2.32. The third-order valence-electron chi connectivity index (χ3n) is 3.42. The maximum Gasteiger partial charge on any atom is 0.249 e. The van der Waals surface area contributed by atoms with Gasteiger partial charge in [-0.1, -0.05) is 36.8 Å². The van der Waals surface area contributed by atoms with Crippen molar-refractivity contribution in [3.63, 3.8) is 0 Å². The first-order valence-electron chi connectivity index (χ1n) is 7.13. The van der Waals surface area contributed by atoms with Crippen molar-refractivity contribution in [1.82, 2.24) is 0 Å². The molecular formula is C18H18N2OS. The van der Waals surface area contributed by atoms with Gasteiger partial charge < -0.3 is 5.32 Å². The van der Waals surface area contributed by atoms with E-state index in [0.29, 0.717) is 10.6 Å². The lowest BCUT2D eigenvalue weighted by molar-refractivity contribution is -0.111. The van der Waals surface area contributed by atoms with E-state index in [0.717, 1.165) is 22.4 Å². The summed E-state index contributed by atoms with van der Waals surface area (Å²) in [6.45, 7) is 6.01. The summed E-state index contributed by atoms with van der Waals surface area (Å²) in [6, 6.07) is 10.1. The minimum atomic E-state index is -0.221. The molecule has 0 saturated carbocycles. The zero-order valence-corrected chi connectivity index (χ0v) is 13.8. The van der Waals surface area contributed by atoms with E-state index in [4.69, 9.17) is 0 Å². The summed E-state index contributed by atoms with van der Waals surface area (Å²) in [5.41, 5.74) is 3.76. The topological polar surface area (TPSA) is 52.9 Å². The Morgan fingerprint density at radius 3 is 2.59 bits per heavy atom. The maximum absolute atomic E-state index is 12.0. The molecule has 0 aliphatic heterocycles. The molecule has 2 rings (SSSR count). The molecule has 112 valence electrons.